The minimum Gasteiger partial charge on any atom is -0.486 e. The predicted molar refractivity (Wildman–Crippen MR) is 131 cm³/mol. The van der Waals surface area contributed by atoms with E-state index < -0.39 is 0 Å². The Morgan fingerprint density at radius 2 is 1.38 bits per heavy atom. The first-order chi connectivity index (χ1) is 14.3. The molecule has 160 valence electrons. The fourth-order valence-electron chi connectivity index (χ4n) is 3.69. The number of hydrogen-bond acceptors (Lipinski definition) is 1. The summed E-state index contributed by atoms with van der Waals surface area (Å²) in [6.07, 6.45) is 16.1. The van der Waals surface area contributed by atoms with Crippen LogP contribution in [0.1, 0.15) is 90.0 Å². The molecule has 0 aliphatic carbocycles. The molecule has 0 aliphatic rings. The number of aryl methyl sites for hydroxylation is 1. The van der Waals surface area contributed by atoms with Gasteiger partial charge < -0.3 is 4.74 Å². The Morgan fingerprint density at radius 1 is 0.724 bits per heavy atom. The molecule has 0 fully saturated rings. The van der Waals surface area contributed by atoms with Gasteiger partial charge in [0.05, 0.1) is 0 Å². The molecule has 29 heavy (non-hydrogen) atoms. The third kappa shape index (κ3) is 10.9. The second kappa shape index (κ2) is 15.5. The van der Waals surface area contributed by atoms with Crippen molar-refractivity contribution in [1.29, 1.82) is 0 Å². The van der Waals surface area contributed by atoms with Gasteiger partial charge in [-0.05, 0) is 50.8 Å². The molecule has 2 atom stereocenters. The molecule has 0 radical (unpaired) electrons. The van der Waals surface area contributed by atoms with Crippen LogP contribution >= 0.6 is 8.58 Å². The molecule has 0 aromatic heterocycles. The Balaban J connectivity index is 1.64. The molecule has 2 heteroatoms. The van der Waals surface area contributed by atoms with Crippen LogP contribution in [0, 0.1) is 0 Å². The maximum Gasteiger partial charge on any atom is 0.120 e. The van der Waals surface area contributed by atoms with Crippen LogP contribution in [-0.2, 0) is 6.42 Å². The second-order valence-corrected chi connectivity index (χ2v) is 9.61. The summed E-state index contributed by atoms with van der Waals surface area (Å²) in [5.74, 6) is 1.30. The summed E-state index contributed by atoms with van der Waals surface area (Å²) in [6, 6.07) is 19.5. The second-order valence-electron chi connectivity index (χ2n) is 8.10. The van der Waals surface area contributed by atoms with E-state index in [1.54, 1.807) is 0 Å². The number of ether oxygens (including phenoxy) is 1. The molecular weight excluding hydrogens is 371 g/mol. The molecule has 0 saturated heterocycles. The average molecular weight is 413 g/mol. The molecule has 0 heterocycles. The molecule has 0 aliphatic heterocycles. The average Bonchev–Trinajstić information content (AvgIpc) is 2.75. The van der Waals surface area contributed by atoms with E-state index >= 15 is 0 Å². The van der Waals surface area contributed by atoms with Crippen molar-refractivity contribution in [2.45, 2.75) is 96.7 Å². The Hall–Kier alpha value is -1.33. The van der Waals surface area contributed by atoms with Gasteiger partial charge in [-0.3, -0.25) is 0 Å². The molecular formula is C27H41OP. The van der Waals surface area contributed by atoms with E-state index in [0.717, 1.165) is 12.2 Å². The summed E-state index contributed by atoms with van der Waals surface area (Å²) < 4.78 is 6.32. The van der Waals surface area contributed by atoms with Crippen molar-refractivity contribution in [3.05, 3.63) is 60.2 Å². The van der Waals surface area contributed by atoms with Gasteiger partial charge >= 0.3 is 0 Å². The Morgan fingerprint density at radius 3 is 2.03 bits per heavy atom. The molecule has 0 bridgehead atoms. The lowest BCUT2D eigenvalue weighted by Gasteiger charge is -2.18. The summed E-state index contributed by atoms with van der Waals surface area (Å²) in [5.41, 5.74) is 1.42. The summed E-state index contributed by atoms with van der Waals surface area (Å²) in [6.45, 7) is 4.50. The zero-order valence-corrected chi connectivity index (χ0v) is 19.7. The fraction of sp³-hybridized carbons (Fsp3) is 0.556. The zero-order valence-electron chi connectivity index (χ0n) is 18.7. The van der Waals surface area contributed by atoms with E-state index in [2.05, 4.69) is 68.4 Å². The third-order valence-electron chi connectivity index (χ3n) is 5.47. The van der Waals surface area contributed by atoms with Crippen LogP contribution in [0.4, 0.5) is 0 Å². The largest absolute Gasteiger partial charge is 0.486 e. The zero-order chi connectivity index (χ0) is 20.6. The standard InChI is InChI=1S/C27H41OP/c1-3-5-6-7-8-9-10-11-12-14-18-24-19-17-20-25(23-24)28-27(4-2)29-26-21-15-13-16-22-26/h13,15-17,19-23,27,29H,3-12,14,18H2,1-2H3. The van der Waals surface area contributed by atoms with E-state index in [1.165, 1.54) is 81.5 Å². The maximum atomic E-state index is 6.32. The summed E-state index contributed by atoms with van der Waals surface area (Å²) >= 11 is 0. The van der Waals surface area contributed by atoms with Crippen LogP contribution in [0.15, 0.2) is 54.6 Å². The van der Waals surface area contributed by atoms with E-state index in [-0.39, 0.29) is 5.85 Å². The smallest absolute Gasteiger partial charge is 0.120 e. The van der Waals surface area contributed by atoms with E-state index in [1.807, 2.05) is 0 Å². The number of hydrogen-bond donors (Lipinski definition) is 0. The summed E-state index contributed by atoms with van der Waals surface area (Å²) in [4.78, 5) is 0. The van der Waals surface area contributed by atoms with Crippen molar-refractivity contribution in [1.82, 2.24) is 0 Å². The van der Waals surface area contributed by atoms with E-state index in [4.69, 9.17) is 4.74 Å². The SMILES string of the molecule is CCCCCCCCCCCCc1cccc(OC(CC)Pc2ccccc2)c1. The van der Waals surface area contributed by atoms with E-state index in [9.17, 15) is 0 Å². The molecule has 2 aromatic carbocycles. The third-order valence-corrected chi connectivity index (χ3v) is 6.98. The lowest BCUT2D eigenvalue weighted by atomic mass is 10.0. The van der Waals surface area contributed by atoms with Gasteiger partial charge in [0.15, 0.2) is 0 Å². The van der Waals surface area contributed by atoms with Crippen molar-refractivity contribution in [3.8, 4) is 5.75 Å². The lowest BCUT2D eigenvalue weighted by molar-refractivity contribution is 0.281. The predicted octanol–water partition coefficient (Wildman–Crippen LogP) is 8.27. The normalized spacial score (nSPS) is 12.5. The first-order valence-corrected chi connectivity index (χ1v) is 13.0. The van der Waals surface area contributed by atoms with Crippen LogP contribution < -0.4 is 10.0 Å². The van der Waals surface area contributed by atoms with Gasteiger partial charge in [-0.25, -0.2) is 0 Å². The van der Waals surface area contributed by atoms with Crippen molar-refractivity contribution >= 4 is 13.9 Å². The van der Waals surface area contributed by atoms with Gasteiger partial charge in [0.2, 0.25) is 0 Å². The van der Waals surface area contributed by atoms with Gasteiger partial charge in [0.1, 0.15) is 11.6 Å². The van der Waals surface area contributed by atoms with Gasteiger partial charge in [0, 0.05) is 0 Å². The highest BCUT2D eigenvalue weighted by Crippen LogP contribution is 2.26. The lowest BCUT2D eigenvalue weighted by Crippen LogP contribution is -2.13. The number of unbranched alkanes of at least 4 members (excludes halogenated alkanes) is 9. The molecule has 0 spiro atoms. The topological polar surface area (TPSA) is 9.23 Å². The summed E-state index contributed by atoms with van der Waals surface area (Å²) in [5, 5.41) is 1.38. The quantitative estimate of drug-likeness (QED) is 0.199. The number of rotatable bonds is 16. The van der Waals surface area contributed by atoms with Crippen molar-refractivity contribution in [2.75, 3.05) is 0 Å². The van der Waals surface area contributed by atoms with Crippen LogP contribution in [0.5, 0.6) is 5.75 Å². The molecule has 2 rings (SSSR count). The van der Waals surface area contributed by atoms with Crippen molar-refractivity contribution in [2.24, 2.45) is 0 Å². The Bertz CT molecular complexity index is 640. The van der Waals surface area contributed by atoms with E-state index in [0.29, 0.717) is 8.58 Å². The molecule has 2 aromatic rings. The minimum absolute atomic E-state index is 0.268. The maximum absolute atomic E-state index is 6.32. The number of benzene rings is 2. The molecule has 2 unspecified atom stereocenters. The van der Waals surface area contributed by atoms with Gasteiger partial charge in [-0.2, -0.15) is 0 Å². The highest BCUT2D eigenvalue weighted by molar-refractivity contribution is 7.47. The van der Waals surface area contributed by atoms with Gasteiger partial charge in [0.25, 0.3) is 0 Å². The molecule has 1 nitrogen and oxygen atoms in total. The van der Waals surface area contributed by atoms with Crippen molar-refractivity contribution in [3.63, 3.8) is 0 Å². The van der Waals surface area contributed by atoms with Crippen molar-refractivity contribution < 1.29 is 4.74 Å². The highest BCUT2D eigenvalue weighted by Gasteiger charge is 2.09. The monoisotopic (exact) mass is 412 g/mol. The van der Waals surface area contributed by atoms with Crippen LogP contribution in [0.3, 0.4) is 0 Å². The molecule has 0 saturated carbocycles. The summed E-state index contributed by atoms with van der Waals surface area (Å²) in [7, 11) is 0.696. The van der Waals surface area contributed by atoms with Crippen LogP contribution in [-0.4, -0.2) is 5.85 Å². The van der Waals surface area contributed by atoms with Crippen LogP contribution in [0.25, 0.3) is 0 Å². The van der Waals surface area contributed by atoms with Gasteiger partial charge in [-0.1, -0.05) is 114 Å². The first-order valence-electron chi connectivity index (χ1n) is 11.9. The Labute approximate surface area is 181 Å². The minimum atomic E-state index is 0.268. The van der Waals surface area contributed by atoms with Crippen LogP contribution in [0.2, 0.25) is 0 Å². The van der Waals surface area contributed by atoms with Gasteiger partial charge in [-0.15, -0.1) is 0 Å². The fourth-order valence-corrected chi connectivity index (χ4v) is 4.85. The highest BCUT2D eigenvalue weighted by atomic mass is 31.1. The first kappa shape index (κ1) is 23.9. The Kier molecular flexibility index (Phi) is 12.8. The molecule has 0 amide bonds. The molecule has 0 N–H and O–H groups in total.